The van der Waals surface area contributed by atoms with Gasteiger partial charge in [0, 0.05) is 16.5 Å². The first kappa shape index (κ1) is 13.9. The second-order valence-corrected chi connectivity index (χ2v) is 5.26. The second kappa shape index (κ2) is 5.72. The number of hydrogen-bond acceptors (Lipinski definition) is 2. The summed E-state index contributed by atoms with van der Waals surface area (Å²) in [4.78, 5) is 15.3. The molecule has 4 heteroatoms. The predicted octanol–water partition coefficient (Wildman–Crippen LogP) is 4.44. The van der Waals surface area contributed by atoms with Crippen LogP contribution in [0.25, 0.3) is 16.5 Å². The quantitative estimate of drug-likeness (QED) is 0.848. The van der Waals surface area contributed by atoms with Crippen LogP contribution >= 0.6 is 0 Å². The van der Waals surface area contributed by atoms with E-state index in [9.17, 15) is 9.18 Å². The van der Waals surface area contributed by atoms with Crippen LogP contribution in [-0.4, -0.2) is 17.6 Å². The van der Waals surface area contributed by atoms with Crippen molar-refractivity contribution in [2.75, 3.05) is 6.61 Å². The maximum absolute atomic E-state index is 13.6. The zero-order valence-corrected chi connectivity index (χ0v) is 12.0. The number of aromatic amines is 1. The summed E-state index contributed by atoms with van der Waals surface area (Å²) in [5.41, 5.74) is 3.12. The number of nitrogens with one attached hydrogen (secondary N) is 1. The average Bonchev–Trinajstić information content (AvgIpc) is 2.87. The van der Waals surface area contributed by atoms with E-state index in [0.29, 0.717) is 12.3 Å². The average molecular weight is 287 g/mol. The van der Waals surface area contributed by atoms with Crippen LogP contribution in [0.4, 0.5) is 4.39 Å². The molecule has 0 saturated heterocycles. The van der Waals surface area contributed by atoms with E-state index < -0.39 is 0 Å². The number of fused-ring (bicyclic) bond motifs is 1. The summed E-state index contributed by atoms with van der Waals surface area (Å²) in [5, 5.41) is 0.756. The lowest BCUT2D eigenvalue weighted by atomic mass is 9.91. The van der Waals surface area contributed by atoms with Crippen molar-refractivity contribution in [2.24, 2.45) is 0 Å². The minimum Gasteiger partial charge on any atom is -0.461 e. The molecule has 3 nitrogen and oxygen atoms in total. The van der Waals surface area contributed by atoms with Crippen molar-refractivity contribution >= 4 is 22.4 Å². The van der Waals surface area contributed by atoms with E-state index >= 15 is 0 Å². The first-order valence-corrected chi connectivity index (χ1v) is 7.38. The molecule has 0 aliphatic heterocycles. The molecule has 1 aliphatic rings. The normalized spacial score (nSPS) is 15.0. The smallest absolute Gasteiger partial charge is 0.355 e. The van der Waals surface area contributed by atoms with E-state index in [0.717, 1.165) is 47.7 Å². The van der Waals surface area contributed by atoms with Gasteiger partial charge in [0.1, 0.15) is 11.5 Å². The molecule has 1 aromatic carbocycles. The molecule has 1 heterocycles. The Bertz CT molecular complexity index is 715. The fraction of sp³-hybridized carbons (Fsp3) is 0.353. The zero-order valence-electron chi connectivity index (χ0n) is 12.0. The molecule has 0 bridgehead atoms. The van der Waals surface area contributed by atoms with Gasteiger partial charge in [-0.05, 0) is 56.4 Å². The third kappa shape index (κ3) is 2.58. The topological polar surface area (TPSA) is 42.1 Å². The number of allylic oxidation sites excluding steroid dienone is 2. The van der Waals surface area contributed by atoms with Gasteiger partial charge < -0.3 is 9.72 Å². The molecule has 1 aliphatic carbocycles. The monoisotopic (exact) mass is 287 g/mol. The molecule has 0 radical (unpaired) electrons. The summed E-state index contributed by atoms with van der Waals surface area (Å²) < 4.78 is 18.7. The number of rotatable bonds is 3. The molecule has 1 N–H and O–H groups in total. The minimum absolute atomic E-state index is 0.297. The molecule has 0 unspecified atom stereocenters. The molecule has 0 atom stereocenters. The fourth-order valence-corrected chi connectivity index (χ4v) is 2.92. The van der Waals surface area contributed by atoms with Crippen LogP contribution in [0, 0.1) is 5.82 Å². The van der Waals surface area contributed by atoms with Crippen LogP contribution in [0.3, 0.4) is 0 Å². The Morgan fingerprint density at radius 3 is 2.95 bits per heavy atom. The number of carbonyl (C=O) groups excluding carboxylic acids is 1. The number of halogens is 1. The summed E-state index contributed by atoms with van der Waals surface area (Å²) in [6, 6.07) is 4.55. The van der Waals surface area contributed by atoms with Gasteiger partial charge in [-0.25, -0.2) is 9.18 Å². The third-order valence-electron chi connectivity index (χ3n) is 3.85. The Morgan fingerprint density at radius 1 is 1.38 bits per heavy atom. The predicted molar refractivity (Wildman–Crippen MR) is 80.7 cm³/mol. The van der Waals surface area contributed by atoms with E-state index in [1.165, 1.54) is 12.1 Å². The van der Waals surface area contributed by atoms with Crippen LogP contribution in [-0.2, 0) is 4.74 Å². The number of carbonyl (C=O) groups is 1. The summed E-state index contributed by atoms with van der Waals surface area (Å²) in [7, 11) is 0. The van der Waals surface area contributed by atoms with Crippen molar-refractivity contribution in [2.45, 2.75) is 32.6 Å². The highest BCUT2D eigenvalue weighted by molar-refractivity contribution is 6.04. The molecule has 3 rings (SSSR count). The number of ether oxygens (including phenoxy) is 1. The van der Waals surface area contributed by atoms with Gasteiger partial charge in [0.2, 0.25) is 0 Å². The van der Waals surface area contributed by atoms with Gasteiger partial charge in [-0.3, -0.25) is 0 Å². The Labute approximate surface area is 122 Å². The van der Waals surface area contributed by atoms with Crippen molar-refractivity contribution in [3.05, 3.63) is 41.3 Å². The van der Waals surface area contributed by atoms with Crippen molar-refractivity contribution in [3.8, 4) is 0 Å². The second-order valence-electron chi connectivity index (χ2n) is 5.26. The molecule has 110 valence electrons. The van der Waals surface area contributed by atoms with Crippen LogP contribution in [0.1, 0.15) is 48.7 Å². The molecule has 2 aromatic rings. The van der Waals surface area contributed by atoms with Gasteiger partial charge in [0.05, 0.1) is 6.61 Å². The Kier molecular flexibility index (Phi) is 3.78. The number of hydrogen-bond donors (Lipinski definition) is 1. The number of aromatic nitrogens is 1. The Hall–Kier alpha value is -2.10. The lowest BCUT2D eigenvalue weighted by Gasteiger charge is -2.13. The van der Waals surface area contributed by atoms with Gasteiger partial charge >= 0.3 is 5.97 Å². The molecule has 1 aromatic heterocycles. The Morgan fingerprint density at radius 2 is 2.24 bits per heavy atom. The van der Waals surface area contributed by atoms with Gasteiger partial charge in [-0.15, -0.1) is 0 Å². The first-order valence-electron chi connectivity index (χ1n) is 7.38. The molecule has 21 heavy (non-hydrogen) atoms. The maximum atomic E-state index is 13.6. The molecular formula is C17H18FNO2. The zero-order chi connectivity index (χ0) is 14.8. The lowest BCUT2D eigenvalue weighted by molar-refractivity contribution is 0.0520. The van der Waals surface area contributed by atoms with Crippen molar-refractivity contribution < 1.29 is 13.9 Å². The van der Waals surface area contributed by atoms with Crippen LogP contribution in [0.15, 0.2) is 24.3 Å². The summed E-state index contributed by atoms with van der Waals surface area (Å²) in [6.45, 7) is 2.10. The SMILES string of the molecule is CCOC(=O)c1[nH]c2ccc(F)cc2c1C1=CCCCC1. The fourth-order valence-electron chi connectivity index (χ4n) is 2.92. The molecule has 0 saturated carbocycles. The van der Waals surface area contributed by atoms with Gasteiger partial charge in [0.25, 0.3) is 0 Å². The van der Waals surface area contributed by atoms with Crippen molar-refractivity contribution in [3.63, 3.8) is 0 Å². The molecule has 0 spiro atoms. The van der Waals surface area contributed by atoms with Crippen LogP contribution < -0.4 is 0 Å². The summed E-state index contributed by atoms with van der Waals surface area (Å²) in [6.07, 6.45) is 6.32. The van der Waals surface area contributed by atoms with Gasteiger partial charge in [0.15, 0.2) is 0 Å². The first-order chi connectivity index (χ1) is 10.2. The molecule has 0 amide bonds. The van der Waals surface area contributed by atoms with E-state index in [4.69, 9.17) is 4.74 Å². The van der Waals surface area contributed by atoms with Gasteiger partial charge in [-0.2, -0.15) is 0 Å². The molecular weight excluding hydrogens is 269 g/mol. The number of H-pyrrole nitrogens is 1. The highest BCUT2D eigenvalue weighted by atomic mass is 19.1. The highest BCUT2D eigenvalue weighted by Gasteiger charge is 2.22. The molecule has 0 fully saturated rings. The summed E-state index contributed by atoms with van der Waals surface area (Å²) in [5.74, 6) is -0.676. The number of esters is 1. The maximum Gasteiger partial charge on any atom is 0.355 e. The Balaban J connectivity index is 2.21. The van der Waals surface area contributed by atoms with E-state index in [2.05, 4.69) is 11.1 Å². The van der Waals surface area contributed by atoms with Crippen LogP contribution in [0.5, 0.6) is 0 Å². The van der Waals surface area contributed by atoms with Crippen molar-refractivity contribution in [1.82, 2.24) is 4.98 Å². The van der Waals surface area contributed by atoms with E-state index in [1.807, 2.05) is 0 Å². The van der Waals surface area contributed by atoms with Crippen LogP contribution in [0.2, 0.25) is 0 Å². The van der Waals surface area contributed by atoms with Gasteiger partial charge in [-0.1, -0.05) is 6.08 Å². The van der Waals surface area contributed by atoms with E-state index in [-0.39, 0.29) is 11.8 Å². The lowest BCUT2D eigenvalue weighted by Crippen LogP contribution is -2.08. The third-order valence-corrected chi connectivity index (χ3v) is 3.85. The van der Waals surface area contributed by atoms with Crippen molar-refractivity contribution in [1.29, 1.82) is 0 Å². The largest absolute Gasteiger partial charge is 0.461 e. The highest BCUT2D eigenvalue weighted by Crippen LogP contribution is 2.35. The van der Waals surface area contributed by atoms with E-state index in [1.54, 1.807) is 13.0 Å². The minimum atomic E-state index is -0.379. The number of benzene rings is 1. The standard InChI is InChI=1S/C17H18FNO2/c1-2-21-17(20)16-15(11-6-4-3-5-7-11)13-10-12(18)8-9-14(13)19-16/h6,8-10,19H,2-5,7H2,1H3. The summed E-state index contributed by atoms with van der Waals surface area (Å²) >= 11 is 0.